The van der Waals surface area contributed by atoms with E-state index in [2.05, 4.69) is 11.9 Å². The summed E-state index contributed by atoms with van der Waals surface area (Å²) in [6, 6.07) is 1.34. The van der Waals surface area contributed by atoms with Gasteiger partial charge in [0.1, 0.15) is 0 Å². The first-order chi connectivity index (χ1) is 4.27. The van der Waals surface area contributed by atoms with Crippen LogP contribution in [-0.4, -0.2) is 30.6 Å². The fourth-order valence-electron chi connectivity index (χ4n) is 2.22. The molecular formula is C7H14N2. The highest BCUT2D eigenvalue weighted by molar-refractivity contribution is 4.97. The van der Waals surface area contributed by atoms with Crippen LogP contribution in [-0.2, 0) is 0 Å². The normalized spacial score (nSPS) is 50.7. The van der Waals surface area contributed by atoms with Gasteiger partial charge in [-0.1, -0.05) is 0 Å². The van der Waals surface area contributed by atoms with Gasteiger partial charge in [-0.3, -0.25) is 0 Å². The van der Waals surface area contributed by atoms with Crippen LogP contribution >= 0.6 is 0 Å². The first-order valence-electron chi connectivity index (χ1n) is 3.73. The van der Waals surface area contributed by atoms with Crippen LogP contribution in [0.5, 0.6) is 0 Å². The highest BCUT2D eigenvalue weighted by atomic mass is 15.2. The number of likely N-dealkylation sites (tertiary alicyclic amines) is 1. The van der Waals surface area contributed by atoms with Gasteiger partial charge >= 0.3 is 0 Å². The van der Waals surface area contributed by atoms with Gasteiger partial charge in [-0.2, -0.15) is 0 Å². The van der Waals surface area contributed by atoms with Crippen LogP contribution < -0.4 is 5.73 Å². The minimum atomic E-state index is 0.520. The predicted molar refractivity (Wildman–Crippen MR) is 37.1 cm³/mol. The number of piperidine rings is 1. The van der Waals surface area contributed by atoms with E-state index in [1.54, 1.807) is 0 Å². The third kappa shape index (κ3) is 0.700. The summed E-state index contributed by atoms with van der Waals surface area (Å²) in [5, 5.41) is 0. The summed E-state index contributed by atoms with van der Waals surface area (Å²) in [6.45, 7) is 1.24. The number of nitrogens with zero attached hydrogens (tertiary/aromatic N) is 1. The molecule has 0 amide bonds. The molecule has 2 N–H and O–H groups in total. The van der Waals surface area contributed by atoms with E-state index in [9.17, 15) is 0 Å². The number of rotatable bonds is 0. The highest BCUT2D eigenvalue weighted by Gasteiger charge is 2.40. The van der Waals surface area contributed by atoms with Crippen molar-refractivity contribution in [2.45, 2.75) is 24.9 Å². The van der Waals surface area contributed by atoms with Gasteiger partial charge in [-0.15, -0.1) is 0 Å². The van der Waals surface area contributed by atoms with E-state index in [0.717, 1.165) is 12.0 Å². The number of hydrogen-bond donors (Lipinski definition) is 1. The molecular weight excluding hydrogens is 112 g/mol. The van der Waals surface area contributed by atoms with Crippen LogP contribution in [0.25, 0.3) is 0 Å². The van der Waals surface area contributed by atoms with E-state index in [0.29, 0.717) is 6.04 Å². The summed E-state index contributed by atoms with van der Waals surface area (Å²) in [5.41, 5.74) is 5.86. The van der Waals surface area contributed by atoms with Crippen LogP contribution in [0.1, 0.15) is 12.8 Å². The van der Waals surface area contributed by atoms with Crippen LogP contribution in [0.15, 0.2) is 0 Å². The lowest BCUT2D eigenvalue weighted by atomic mass is 10.1. The molecule has 2 bridgehead atoms. The van der Waals surface area contributed by atoms with Gasteiger partial charge in [0, 0.05) is 18.6 Å². The summed E-state index contributed by atoms with van der Waals surface area (Å²) in [7, 11) is 2.20. The molecule has 0 aromatic rings. The molecule has 1 heterocycles. The lowest BCUT2D eigenvalue weighted by molar-refractivity contribution is 0.243. The largest absolute Gasteiger partial charge is 0.327 e. The van der Waals surface area contributed by atoms with Crippen molar-refractivity contribution in [1.29, 1.82) is 0 Å². The highest BCUT2D eigenvalue weighted by Crippen LogP contribution is 2.35. The fourth-order valence-corrected chi connectivity index (χ4v) is 2.22. The topological polar surface area (TPSA) is 29.3 Å². The van der Waals surface area contributed by atoms with Gasteiger partial charge in [0.15, 0.2) is 0 Å². The zero-order valence-corrected chi connectivity index (χ0v) is 5.88. The van der Waals surface area contributed by atoms with E-state index in [1.807, 2.05) is 0 Å². The third-order valence-electron chi connectivity index (χ3n) is 2.87. The minimum absolute atomic E-state index is 0.520. The summed E-state index contributed by atoms with van der Waals surface area (Å²) in [5.74, 6) is 0.819. The quantitative estimate of drug-likeness (QED) is 0.496. The van der Waals surface area contributed by atoms with Crippen LogP contribution in [0.4, 0.5) is 0 Å². The smallest absolute Gasteiger partial charge is 0.0111 e. The van der Waals surface area contributed by atoms with Gasteiger partial charge < -0.3 is 10.6 Å². The first-order valence-corrected chi connectivity index (χ1v) is 3.73. The Morgan fingerprint density at radius 1 is 1.44 bits per heavy atom. The Balaban J connectivity index is 2.10. The third-order valence-corrected chi connectivity index (χ3v) is 2.87. The fraction of sp³-hybridized carbons (Fsp3) is 1.00. The van der Waals surface area contributed by atoms with Crippen molar-refractivity contribution in [3.05, 3.63) is 0 Å². The van der Waals surface area contributed by atoms with Gasteiger partial charge in [-0.25, -0.2) is 0 Å². The molecule has 2 heteroatoms. The van der Waals surface area contributed by atoms with E-state index >= 15 is 0 Å². The van der Waals surface area contributed by atoms with Crippen molar-refractivity contribution in [1.82, 2.24) is 4.90 Å². The van der Waals surface area contributed by atoms with Gasteiger partial charge in [0.2, 0.25) is 0 Å². The Labute approximate surface area is 56.0 Å². The van der Waals surface area contributed by atoms with Crippen molar-refractivity contribution in [2.24, 2.45) is 11.7 Å². The SMILES string of the molecule is CN1C[C@@H]2C[C@H]1C[C@@H]2N. The minimum Gasteiger partial charge on any atom is -0.327 e. The van der Waals surface area contributed by atoms with Crippen molar-refractivity contribution < 1.29 is 0 Å². The number of nitrogens with two attached hydrogens (primary N) is 1. The van der Waals surface area contributed by atoms with E-state index < -0.39 is 0 Å². The summed E-state index contributed by atoms with van der Waals surface area (Å²) >= 11 is 0. The molecule has 3 atom stereocenters. The molecule has 1 aliphatic carbocycles. The van der Waals surface area contributed by atoms with E-state index in [1.165, 1.54) is 19.4 Å². The van der Waals surface area contributed by atoms with Crippen molar-refractivity contribution in [3.63, 3.8) is 0 Å². The molecule has 0 aromatic heterocycles. The van der Waals surface area contributed by atoms with Gasteiger partial charge in [0.05, 0.1) is 0 Å². The number of fused-ring (bicyclic) bond motifs is 2. The zero-order valence-electron chi connectivity index (χ0n) is 5.88. The molecule has 9 heavy (non-hydrogen) atoms. The molecule has 2 aliphatic rings. The van der Waals surface area contributed by atoms with Crippen LogP contribution in [0.3, 0.4) is 0 Å². The summed E-state index contributed by atoms with van der Waals surface area (Å²) < 4.78 is 0. The van der Waals surface area contributed by atoms with Crippen molar-refractivity contribution in [3.8, 4) is 0 Å². The Hall–Kier alpha value is -0.0800. The van der Waals surface area contributed by atoms with Crippen molar-refractivity contribution in [2.75, 3.05) is 13.6 Å². The maximum atomic E-state index is 5.86. The summed E-state index contributed by atoms with van der Waals surface area (Å²) in [6.07, 6.45) is 2.60. The molecule has 2 nitrogen and oxygen atoms in total. The Bertz CT molecular complexity index is 106. The predicted octanol–water partition coefficient (Wildman–Crippen LogP) is 0.0377. The standard InChI is InChI=1S/C7H14N2/c1-9-4-5-2-6(9)3-7(5)8/h5-7H,2-4,8H2,1H3/t5-,6-,7-/m0/s1. The van der Waals surface area contributed by atoms with Gasteiger partial charge in [0.25, 0.3) is 0 Å². The lowest BCUT2D eigenvalue weighted by Gasteiger charge is -2.25. The first kappa shape index (κ1) is 5.69. The molecule has 0 aromatic carbocycles. The van der Waals surface area contributed by atoms with Crippen LogP contribution in [0.2, 0.25) is 0 Å². The summed E-state index contributed by atoms with van der Waals surface area (Å²) in [4.78, 5) is 2.44. The lowest BCUT2D eigenvalue weighted by Crippen LogP contribution is -2.38. The molecule has 1 saturated carbocycles. The van der Waals surface area contributed by atoms with Gasteiger partial charge in [-0.05, 0) is 25.8 Å². The molecule has 2 fully saturated rings. The average Bonchev–Trinajstić information content (AvgIpc) is 2.24. The monoisotopic (exact) mass is 126 g/mol. The van der Waals surface area contributed by atoms with E-state index in [4.69, 9.17) is 5.73 Å². The second-order valence-corrected chi connectivity index (χ2v) is 3.49. The van der Waals surface area contributed by atoms with Crippen LogP contribution in [0, 0.1) is 5.92 Å². The average molecular weight is 126 g/mol. The maximum absolute atomic E-state index is 5.86. The Kier molecular flexibility index (Phi) is 1.08. The molecule has 52 valence electrons. The molecule has 0 radical (unpaired) electrons. The molecule has 0 unspecified atom stereocenters. The molecule has 1 aliphatic heterocycles. The van der Waals surface area contributed by atoms with Crippen molar-refractivity contribution >= 4 is 0 Å². The molecule has 0 spiro atoms. The Morgan fingerprint density at radius 3 is 2.56 bits per heavy atom. The molecule has 2 rings (SSSR count). The second-order valence-electron chi connectivity index (χ2n) is 3.49. The maximum Gasteiger partial charge on any atom is 0.0111 e. The zero-order chi connectivity index (χ0) is 6.43. The Morgan fingerprint density at radius 2 is 2.22 bits per heavy atom. The number of hydrogen-bond acceptors (Lipinski definition) is 2. The van der Waals surface area contributed by atoms with E-state index in [-0.39, 0.29) is 0 Å². The second kappa shape index (κ2) is 1.70. The molecule has 1 saturated heterocycles.